The van der Waals surface area contributed by atoms with Crippen molar-refractivity contribution in [2.75, 3.05) is 12.9 Å². The third-order valence-electron chi connectivity index (χ3n) is 5.12. The van der Waals surface area contributed by atoms with Crippen LogP contribution in [0.1, 0.15) is 39.6 Å². The maximum Gasteiger partial charge on any atom is 0.175 e. The lowest BCUT2D eigenvalue weighted by atomic mass is 9.99. The smallest absolute Gasteiger partial charge is 0.175 e. The Morgan fingerprint density at radius 1 is 1.13 bits per heavy atom. The van der Waals surface area contributed by atoms with Crippen molar-refractivity contribution < 1.29 is 27.1 Å². The van der Waals surface area contributed by atoms with Crippen molar-refractivity contribution in [1.82, 2.24) is 4.98 Å². The molecule has 1 aromatic heterocycles. The van der Waals surface area contributed by atoms with Gasteiger partial charge in [0.15, 0.2) is 27.2 Å². The number of aromatic nitrogens is 1. The van der Waals surface area contributed by atoms with Crippen LogP contribution in [0.25, 0.3) is 0 Å². The number of hydrogen-bond donors (Lipinski definition) is 0. The van der Waals surface area contributed by atoms with Crippen molar-refractivity contribution >= 4 is 15.6 Å². The van der Waals surface area contributed by atoms with E-state index in [1.54, 1.807) is 43.6 Å². The lowest BCUT2D eigenvalue weighted by Gasteiger charge is -2.25. The summed E-state index contributed by atoms with van der Waals surface area (Å²) in [6.45, 7) is 1.86. The summed E-state index contributed by atoms with van der Waals surface area (Å²) in [6.07, 6.45) is 3.66. The first-order valence-corrected chi connectivity index (χ1v) is 11.5. The first-order chi connectivity index (χ1) is 14.8. The van der Waals surface area contributed by atoms with Crippen LogP contribution in [0.4, 0.5) is 4.39 Å². The molecule has 0 bridgehead atoms. The lowest BCUT2D eigenvalue weighted by molar-refractivity contribution is 0.0931. The van der Waals surface area contributed by atoms with Gasteiger partial charge in [-0.25, -0.2) is 12.8 Å². The number of ketones is 1. The molecular formula is C23H20FNO5S. The van der Waals surface area contributed by atoms with E-state index in [1.165, 1.54) is 12.1 Å². The Kier molecular flexibility index (Phi) is 5.49. The van der Waals surface area contributed by atoms with E-state index in [9.17, 15) is 13.2 Å². The fourth-order valence-corrected chi connectivity index (χ4v) is 4.23. The van der Waals surface area contributed by atoms with Crippen LogP contribution in [0, 0.1) is 12.7 Å². The number of benzene rings is 2. The van der Waals surface area contributed by atoms with E-state index < -0.39 is 21.8 Å². The zero-order valence-electron chi connectivity index (χ0n) is 17.0. The van der Waals surface area contributed by atoms with Crippen LogP contribution < -0.4 is 9.47 Å². The molecule has 0 amide bonds. The molecule has 0 N–H and O–H groups in total. The van der Waals surface area contributed by atoms with Crippen LogP contribution in [0.3, 0.4) is 0 Å². The van der Waals surface area contributed by atoms with Crippen molar-refractivity contribution in [3.8, 4) is 11.5 Å². The molecule has 0 saturated heterocycles. The predicted octanol–water partition coefficient (Wildman–Crippen LogP) is 4.07. The maximum absolute atomic E-state index is 15.0. The van der Waals surface area contributed by atoms with E-state index in [1.807, 2.05) is 0 Å². The van der Waals surface area contributed by atoms with Gasteiger partial charge in [0.25, 0.3) is 0 Å². The van der Waals surface area contributed by atoms with E-state index in [2.05, 4.69) is 4.98 Å². The third kappa shape index (κ3) is 4.16. The average Bonchev–Trinajstić information content (AvgIpc) is 2.75. The minimum absolute atomic E-state index is 0.0555. The number of pyridine rings is 1. The zero-order chi connectivity index (χ0) is 22.2. The quantitative estimate of drug-likeness (QED) is 0.594. The number of rotatable bonds is 5. The molecule has 4 rings (SSSR count). The molecule has 6 nitrogen and oxygen atoms in total. The van der Waals surface area contributed by atoms with E-state index >= 15 is 4.39 Å². The second-order valence-electron chi connectivity index (χ2n) is 7.33. The second-order valence-corrected chi connectivity index (χ2v) is 9.35. The van der Waals surface area contributed by atoms with Crippen LogP contribution >= 0.6 is 0 Å². The van der Waals surface area contributed by atoms with Gasteiger partial charge in [-0.1, -0.05) is 12.1 Å². The highest BCUT2D eigenvalue weighted by Crippen LogP contribution is 2.40. The van der Waals surface area contributed by atoms with Crippen molar-refractivity contribution in [2.24, 2.45) is 0 Å². The molecule has 31 heavy (non-hydrogen) atoms. The number of carbonyl (C=O) groups is 1. The van der Waals surface area contributed by atoms with Gasteiger partial charge < -0.3 is 9.47 Å². The monoisotopic (exact) mass is 441 g/mol. The highest BCUT2D eigenvalue weighted by Gasteiger charge is 2.28. The minimum Gasteiger partial charge on any atom is -0.492 e. The molecule has 0 radical (unpaired) electrons. The summed E-state index contributed by atoms with van der Waals surface area (Å²) in [5.74, 6) is -0.610. The Labute approximate surface area is 179 Å². The zero-order valence-corrected chi connectivity index (χ0v) is 17.8. The normalized spacial score (nSPS) is 14.5. The van der Waals surface area contributed by atoms with Gasteiger partial charge in [-0.05, 0) is 48.4 Å². The molecule has 0 aliphatic carbocycles. The number of nitrogens with zero attached hydrogens (tertiary/aromatic N) is 1. The third-order valence-corrected chi connectivity index (χ3v) is 6.23. The lowest BCUT2D eigenvalue weighted by Crippen LogP contribution is -2.18. The van der Waals surface area contributed by atoms with Gasteiger partial charge in [0, 0.05) is 30.6 Å². The van der Waals surface area contributed by atoms with Crippen molar-refractivity contribution in [1.29, 1.82) is 0 Å². The summed E-state index contributed by atoms with van der Waals surface area (Å²) in [6, 6.07) is 10.9. The van der Waals surface area contributed by atoms with E-state index in [-0.39, 0.29) is 35.0 Å². The van der Waals surface area contributed by atoms with Gasteiger partial charge in [-0.3, -0.25) is 9.78 Å². The number of ether oxygens (including phenoxy) is 2. The average molecular weight is 441 g/mol. The summed E-state index contributed by atoms with van der Waals surface area (Å²) < 4.78 is 50.9. The summed E-state index contributed by atoms with van der Waals surface area (Å²) >= 11 is 0. The Hall–Kier alpha value is -3.26. The minimum atomic E-state index is -3.45. The van der Waals surface area contributed by atoms with Crippen molar-refractivity contribution in [3.63, 3.8) is 0 Å². The highest BCUT2D eigenvalue weighted by molar-refractivity contribution is 7.90. The number of carbonyl (C=O) groups excluding carboxylic acids is 1. The SMILES string of the molecule is Cc1c(OC(c2ccncc2)c2cccc(S(C)(=O)=O)c2)c(F)cc2c1OCCC2=O. The van der Waals surface area contributed by atoms with Gasteiger partial charge in [-0.15, -0.1) is 0 Å². The van der Waals surface area contributed by atoms with E-state index in [4.69, 9.17) is 9.47 Å². The molecule has 0 saturated carbocycles. The summed E-state index contributed by atoms with van der Waals surface area (Å²) in [7, 11) is -3.45. The number of sulfone groups is 1. The van der Waals surface area contributed by atoms with Crippen LogP contribution in [0.15, 0.2) is 59.8 Å². The number of halogens is 1. The van der Waals surface area contributed by atoms with Gasteiger partial charge in [-0.2, -0.15) is 0 Å². The molecule has 2 heterocycles. The van der Waals surface area contributed by atoms with Crippen LogP contribution in [-0.2, 0) is 9.84 Å². The molecule has 3 aromatic rings. The van der Waals surface area contributed by atoms with Gasteiger partial charge in [0.05, 0.1) is 17.1 Å². The molecule has 1 aliphatic heterocycles. The molecular weight excluding hydrogens is 421 g/mol. The summed E-state index contributed by atoms with van der Waals surface area (Å²) in [5.41, 5.74) is 1.77. The Bertz CT molecular complexity index is 1260. The molecule has 160 valence electrons. The van der Waals surface area contributed by atoms with Gasteiger partial charge in [0.2, 0.25) is 0 Å². The Balaban J connectivity index is 1.83. The topological polar surface area (TPSA) is 82.6 Å². The molecule has 2 aromatic carbocycles. The van der Waals surface area contributed by atoms with Crippen molar-refractivity contribution in [2.45, 2.75) is 24.3 Å². The predicted molar refractivity (Wildman–Crippen MR) is 112 cm³/mol. The van der Waals surface area contributed by atoms with Crippen LogP contribution in [0.2, 0.25) is 0 Å². The van der Waals surface area contributed by atoms with Crippen LogP contribution in [-0.4, -0.2) is 32.0 Å². The molecule has 1 atom stereocenters. The van der Waals surface area contributed by atoms with Crippen molar-refractivity contribution in [3.05, 3.63) is 82.9 Å². The fourth-order valence-electron chi connectivity index (χ4n) is 3.55. The Morgan fingerprint density at radius 2 is 1.87 bits per heavy atom. The molecule has 1 unspecified atom stereocenters. The highest BCUT2D eigenvalue weighted by atomic mass is 32.2. The summed E-state index contributed by atoms with van der Waals surface area (Å²) in [5, 5.41) is 0. The molecule has 8 heteroatoms. The van der Waals surface area contributed by atoms with Gasteiger partial charge in [0.1, 0.15) is 11.9 Å². The van der Waals surface area contributed by atoms with Crippen LogP contribution in [0.5, 0.6) is 11.5 Å². The van der Waals surface area contributed by atoms with Gasteiger partial charge >= 0.3 is 0 Å². The number of Topliss-reactive ketones (excluding diaryl/α,β-unsaturated/α-hetero) is 1. The van der Waals surface area contributed by atoms with E-state index in [0.29, 0.717) is 22.4 Å². The van der Waals surface area contributed by atoms with E-state index in [0.717, 1.165) is 12.3 Å². The number of fused-ring (bicyclic) bond motifs is 1. The first-order valence-electron chi connectivity index (χ1n) is 9.61. The Morgan fingerprint density at radius 3 is 2.58 bits per heavy atom. The molecule has 1 aliphatic rings. The first kappa shape index (κ1) is 21.0. The summed E-state index contributed by atoms with van der Waals surface area (Å²) in [4.78, 5) is 16.3. The molecule has 0 spiro atoms. The largest absolute Gasteiger partial charge is 0.492 e. The second kappa shape index (κ2) is 8.11. The maximum atomic E-state index is 15.0. The standard InChI is InChI=1S/C23H20FNO5S/c1-14-21-18(20(26)8-11-29-21)13-19(24)22(14)30-23(15-6-9-25-10-7-15)16-4-3-5-17(12-16)31(2,27)28/h3-7,9-10,12-13,23H,8,11H2,1-2H3. The molecule has 0 fully saturated rings. The number of hydrogen-bond acceptors (Lipinski definition) is 6. The fraction of sp³-hybridized carbons (Fsp3) is 0.217.